The lowest BCUT2D eigenvalue weighted by Gasteiger charge is -2.18. The van der Waals surface area contributed by atoms with Crippen LogP contribution >= 0.6 is 0 Å². The summed E-state index contributed by atoms with van der Waals surface area (Å²) in [6.07, 6.45) is 1.57. The Hall–Kier alpha value is -2.80. The minimum absolute atomic E-state index is 0.00513. The fourth-order valence-electron chi connectivity index (χ4n) is 2.38. The Balaban J connectivity index is 1.84. The van der Waals surface area contributed by atoms with Crippen molar-refractivity contribution < 1.29 is 14.3 Å². The molecule has 0 aliphatic rings. The van der Waals surface area contributed by atoms with E-state index >= 15 is 0 Å². The second-order valence-corrected chi connectivity index (χ2v) is 5.72. The van der Waals surface area contributed by atoms with Crippen molar-refractivity contribution in [2.24, 2.45) is 4.99 Å². The van der Waals surface area contributed by atoms with Crippen molar-refractivity contribution in [3.8, 4) is 0 Å². The summed E-state index contributed by atoms with van der Waals surface area (Å²) in [4.78, 5) is 16.2. The van der Waals surface area contributed by atoms with Gasteiger partial charge in [-0.3, -0.25) is 4.79 Å². The smallest absolute Gasteiger partial charge is 0.242 e. The Bertz CT molecular complexity index is 671. The molecule has 140 valence electrons. The molecule has 0 aliphatic heterocycles. The van der Waals surface area contributed by atoms with Crippen molar-refractivity contribution in [1.29, 1.82) is 0 Å². The predicted octanol–water partition coefficient (Wildman–Crippen LogP) is 1.23. The third kappa shape index (κ3) is 6.60. The zero-order chi connectivity index (χ0) is 18.6. The lowest BCUT2D eigenvalue weighted by atomic mass is 10.0. The number of aliphatic hydroxyl groups excluding tert-OH is 1. The summed E-state index contributed by atoms with van der Waals surface area (Å²) in [5, 5.41) is 18.6. The number of aliphatic hydroxyl groups is 1. The summed E-state index contributed by atoms with van der Waals surface area (Å²) in [6.45, 7) is 3.52. The minimum Gasteiger partial charge on any atom is -0.467 e. The summed E-state index contributed by atoms with van der Waals surface area (Å²) in [7, 11) is 0. The van der Waals surface area contributed by atoms with Crippen molar-refractivity contribution in [1.82, 2.24) is 16.0 Å². The minimum atomic E-state index is -0.194. The van der Waals surface area contributed by atoms with Gasteiger partial charge in [0.1, 0.15) is 12.3 Å². The number of carbonyl (C=O) groups excluding carboxylic acids is 1. The summed E-state index contributed by atoms with van der Waals surface area (Å²) in [6, 6.07) is 13.4. The third-order valence-electron chi connectivity index (χ3n) is 3.77. The number of nitrogens with zero attached hydrogens (tertiary/aromatic N) is 1. The monoisotopic (exact) mass is 358 g/mol. The van der Waals surface area contributed by atoms with E-state index in [1.54, 1.807) is 18.4 Å². The van der Waals surface area contributed by atoms with E-state index in [2.05, 4.69) is 20.9 Å². The van der Waals surface area contributed by atoms with Gasteiger partial charge in [-0.2, -0.15) is 0 Å². The van der Waals surface area contributed by atoms with E-state index in [1.165, 1.54) is 0 Å². The third-order valence-corrected chi connectivity index (χ3v) is 3.77. The zero-order valence-corrected chi connectivity index (χ0v) is 14.9. The molecule has 4 N–H and O–H groups in total. The van der Waals surface area contributed by atoms with Gasteiger partial charge in [0.15, 0.2) is 5.96 Å². The average molecular weight is 358 g/mol. The van der Waals surface area contributed by atoms with Crippen LogP contribution in [-0.4, -0.2) is 43.2 Å². The number of carbonyl (C=O) groups is 1. The topological polar surface area (TPSA) is 98.9 Å². The van der Waals surface area contributed by atoms with Crippen LogP contribution in [0.4, 0.5) is 0 Å². The molecule has 0 spiro atoms. The van der Waals surface area contributed by atoms with Crippen LogP contribution in [0.1, 0.15) is 24.2 Å². The highest BCUT2D eigenvalue weighted by Gasteiger charge is 2.11. The molecule has 7 nitrogen and oxygen atoms in total. The molecule has 1 aromatic carbocycles. The van der Waals surface area contributed by atoms with Gasteiger partial charge in [0.05, 0.1) is 19.4 Å². The molecule has 0 radical (unpaired) electrons. The van der Waals surface area contributed by atoms with Gasteiger partial charge >= 0.3 is 0 Å². The molecule has 0 aliphatic carbocycles. The van der Waals surface area contributed by atoms with E-state index in [-0.39, 0.29) is 25.0 Å². The van der Waals surface area contributed by atoms with Crippen LogP contribution < -0.4 is 16.0 Å². The lowest BCUT2D eigenvalue weighted by molar-refractivity contribution is -0.119. The molecule has 0 saturated carbocycles. The van der Waals surface area contributed by atoms with Crippen LogP contribution in [0.15, 0.2) is 58.1 Å². The van der Waals surface area contributed by atoms with Crippen molar-refractivity contribution in [3.63, 3.8) is 0 Å². The van der Waals surface area contributed by atoms with Gasteiger partial charge in [-0.1, -0.05) is 30.3 Å². The van der Waals surface area contributed by atoms with E-state index in [9.17, 15) is 9.90 Å². The van der Waals surface area contributed by atoms with Gasteiger partial charge in [-0.15, -0.1) is 0 Å². The maximum Gasteiger partial charge on any atom is 0.242 e. The second-order valence-electron chi connectivity index (χ2n) is 5.72. The maximum atomic E-state index is 11.9. The molecule has 0 fully saturated rings. The number of benzene rings is 1. The molecular weight excluding hydrogens is 332 g/mol. The van der Waals surface area contributed by atoms with E-state index in [0.29, 0.717) is 31.4 Å². The molecule has 1 amide bonds. The second kappa shape index (κ2) is 10.9. The molecule has 1 atom stereocenters. The number of furan rings is 1. The zero-order valence-electron chi connectivity index (χ0n) is 14.9. The normalized spacial score (nSPS) is 12.5. The van der Waals surface area contributed by atoms with Gasteiger partial charge in [0.2, 0.25) is 5.91 Å². The highest BCUT2D eigenvalue weighted by molar-refractivity contribution is 5.84. The average Bonchev–Trinajstić information content (AvgIpc) is 3.19. The first-order valence-corrected chi connectivity index (χ1v) is 8.70. The van der Waals surface area contributed by atoms with Gasteiger partial charge in [0, 0.05) is 19.0 Å². The highest BCUT2D eigenvalue weighted by atomic mass is 16.3. The molecule has 7 heteroatoms. The van der Waals surface area contributed by atoms with Crippen LogP contribution in [0.3, 0.4) is 0 Å². The predicted molar refractivity (Wildman–Crippen MR) is 101 cm³/mol. The fraction of sp³-hybridized carbons (Fsp3) is 0.368. The number of guanidine groups is 1. The van der Waals surface area contributed by atoms with E-state index in [4.69, 9.17) is 4.42 Å². The number of nitrogens with one attached hydrogen (secondary N) is 3. The van der Waals surface area contributed by atoms with Crippen LogP contribution in [0.25, 0.3) is 0 Å². The molecule has 2 rings (SSSR count). The van der Waals surface area contributed by atoms with Gasteiger partial charge in [-0.25, -0.2) is 4.99 Å². The van der Waals surface area contributed by atoms with E-state index < -0.39 is 0 Å². The molecule has 26 heavy (non-hydrogen) atoms. The Morgan fingerprint density at radius 3 is 2.62 bits per heavy atom. The standard InChI is InChI=1S/C19H26N4O3/c1-2-20-19(22-11-16(14-24)15-7-4-3-5-8-15)23-13-18(25)21-12-17-9-6-10-26-17/h3-10,16,24H,2,11-14H2,1H3,(H,21,25)(H2,20,22,23). The first-order chi connectivity index (χ1) is 12.7. The van der Waals surface area contributed by atoms with Crippen LogP contribution in [0.2, 0.25) is 0 Å². The van der Waals surface area contributed by atoms with Crippen LogP contribution in [-0.2, 0) is 11.3 Å². The molecule has 1 aromatic heterocycles. The van der Waals surface area contributed by atoms with Crippen LogP contribution in [0, 0.1) is 0 Å². The van der Waals surface area contributed by atoms with Crippen LogP contribution in [0.5, 0.6) is 0 Å². The molecular formula is C19H26N4O3. The van der Waals surface area contributed by atoms with Gasteiger partial charge in [0.25, 0.3) is 0 Å². The Morgan fingerprint density at radius 2 is 1.96 bits per heavy atom. The maximum absolute atomic E-state index is 11.9. The summed E-state index contributed by atoms with van der Waals surface area (Å²) in [5.41, 5.74) is 1.05. The first kappa shape index (κ1) is 19.5. The molecule has 0 saturated heterocycles. The van der Waals surface area contributed by atoms with Crippen molar-refractivity contribution in [3.05, 3.63) is 60.1 Å². The Kier molecular flexibility index (Phi) is 8.21. The molecule has 0 bridgehead atoms. The van der Waals surface area contributed by atoms with Crippen molar-refractivity contribution >= 4 is 11.9 Å². The van der Waals surface area contributed by atoms with Gasteiger partial charge in [-0.05, 0) is 24.6 Å². The summed E-state index contributed by atoms with van der Waals surface area (Å²) >= 11 is 0. The first-order valence-electron chi connectivity index (χ1n) is 8.70. The Labute approximate surface area is 153 Å². The summed E-state index contributed by atoms with van der Waals surface area (Å²) < 4.78 is 5.17. The number of hydrogen-bond donors (Lipinski definition) is 4. The lowest BCUT2D eigenvalue weighted by Crippen LogP contribution is -2.40. The van der Waals surface area contributed by atoms with E-state index in [1.807, 2.05) is 37.3 Å². The highest BCUT2D eigenvalue weighted by Crippen LogP contribution is 2.13. The number of amides is 1. The number of rotatable bonds is 9. The van der Waals surface area contributed by atoms with Crippen molar-refractivity contribution in [2.75, 3.05) is 26.2 Å². The SMILES string of the molecule is CCNC(=NCC(=O)NCc1ccco1)NCC(CO)c1ccccc1. The van der Waals surface area contributed by atoms with Gasteiger partial charge < -0.3 is 25.5 Å². The molecule has 1 unspecified atom stereocenters. The number of hydrogen-bond acceptors (Lipinski definition) is 4. The molecule has 1 heterocycles. The Morgan fingerprint density at radius 1 is 1.15 bits per heavy atom. The summed E-state index contributed by atoms with van der Waals surface area (Å²) in [5.74, 6) is 0.990. The van der Waals surface area contributed by atoms with Crippen molar-refractivity contribution in [2.45, 2.75) is 19.4 Å². The molecule has 2 aromatic rings. The quantitative estimate of drug-likeness (QED) is 0.399. The number of aliphatic imine (C=N–C) groups is 1. The fourth-order valence-corrected chi connectivity index (χ4v) is 2.38. The largest absolute Gasteiger partial charge is 0.467 e. The van der Waals surface area contributed by atoms with E-state index in [0.717, 1.165) is 5.56 Å².